The van der Waals surface area contributed by atoms with Crippen LogP contribution in [0.25, 0.3) is 179 Å². The van der Waals surface area contributed by atoms with Gasteiger partial charge in [-0.2, -0.15) is 0 Å². The third kappa shape index (κ3) is 18.5. The van der Waals surface area contributed by atoms with Crippen LogP contribution in [0.3, 0.4) is 0 Å². The van der Waals surface area contributed by atoms with E-state index in [-0.39, 0.29) is 151 Å². The molecule has 0 aliphatic carbocycles. The summed E-state index contributed by atoms with van der Waals surface area (Å²) in [6.07, 6.45) is 1.10. The molecule has 136 heavy (non-hydrogen) atoms. The quantitative estimate of drug-likeness (QED) is 0.0679. The average Bonchev–Trinajstić information content (AvgIpc) is 1.59. The summed E-state index contributed by atoms with van der Waals surface area (Å²) in [4.78, 5) is 84.1. The zero-order valence-electron chi connectivity index (χ0n) is 80.3. The fourth-order valence-electron chi connectivity index (χ4n) is 16.2. The largest absolute Gasteiger partial charge is 2.00 e. The first kappa shape index (κ1) is 97.6. The molecule has 0 saturated carbocycles. The van der Waals surface area contributed by atoms with Crippen molar-refractivity contribution in [3.63, 3.8) is 0 Å². The van der Waals surface area contributed by atoms with Gasteiger partial charge in [0, 0.05) is 112 Å². The van der Waals surface area contributed by atoms with Gasteiger partial charge in [-0.25, -0.2) is 45.2 Å². The molecule has 0 atom stereocenters. The van der Waals surface area contributed by atoms with E-state index in [0.29, 0.717) is 142 Å². The predicted octanol–water partition coefficient (Wildman–Crippen LogP) is 21.8. The summed E-state index contributed by atoms with van der Waals surface area (Å²) in [5, 5.41) is 4.29. The van der Waals surface area contributed by atoms with E-state index < -0.39 is 46.1 Å². The standard InChI is InChI=1S/C105H106N16O8S3Si2.2Co/c1-23-46-130(122,123)66-35-43-74-82(54-66)99-117-90(74)109-94-78-50-60(29-39-70(78)86(107-94)116-98-83-55-67(131(124,125)47-24-2)36-44-75(83)91(118-98)120-100-84-56-68(132(126,127)48-25-3)37-45-76(84)92(119-99)121-100)27-31-62(58-129-134(21,22)105(16,17)18)61(57-128-133(19,20)104(13,14)15)30-26-59-28-38-69-77(49-59)93-106-85(69)110-95-80-52-64(102(7,8)9)33-41-72(80)88(112-95)114-97-81-53-65(103(10,11)12)34-42-73(81)89(115-97)113-96-79-51-63(101(4,5)6)32-40-71(79)87(108-93)111-96;;/h28-29,32-45,49-56H,23-25,46-48,57-58H2,1-22H3;;/q-4;2*+2/b62-61+;;. The van der Waals surface area contributed by atoms with Crippen molar-refractivity contribution in [2.24, 2.45) is 0 Å². The van der Waals surface area contributed by atoms with Crippen LogP contribution < -0.4 is 19.9 Å². The molecule has 2 radical (unpaired) electrons. The molecule has 4 aliphatic heterocycles. The Morgan fingerprint density at radius 1 is 0.294 bits per heavy atom. The molecule has 0 N–H and O–H groups in total. The van der Waals surface area contributed by atoms with Crippen molar-refractivity contribution in [2.75, 3.05) is 30.5 Å². The van der Waals surface area contributed by atoms with Gasteiger partial charge in [-0.05, 0) is 210 Å². The van der Waals surface area contributed by atoms with E-state index >= 15 is 0 Å². The van der Waals surface area contributed by atoms with Crippen LogP contribution in [-0.2, 0) is 88.2 Å². The monoisotopic (exact) mass is 1990 g/mol. The van der Waals surface area contributed by atoms with E-state index in [4.69, 9.17) is 88.6 Å². The smallest absolute Gasteiger partial charge is 0.412 e. The van der Waals surface area contributed by atoms with Gasteiger partial charge in [-0.15, -0.1) is 0 Å². The van der Waals surface area contributed by atoms with Crippen LogP contribution in [0, 0.1) is 23.7 Å². The number of sulfone groups is 3. The minimum absolute atomic E-state index is 0. The molecule has 0 unspecified atom stereocenters. The fourth-order valence-corrected chi connectivity index (χ4v) is 22.1. The molecule has 4 aliphatic rings. The maximum Gasteiger partial charge on any atom is 2.00 e. The maximum absolute atomic E-state index is 14.0. The van der Waals surface area contributed by atoms with Crippen molar-refractivity contribution in [1.82, 2.24) is 79.7 Å². The number of benzene rings is 8. The molecule has 18 rings (SSSR count). The van der Waals surface area contributed by atoms with Gasteiger partial charge < -0.3 is 68.7 Å². The first-order chi connectivity index (χ1) is 63.0. The predicted molar refractivity (Wildman–Crippen MR) is 538 cm³/mol. The Kier molecular flexibility index (Phi) is 25.5. The van der Waals surface area contributed by atoms with Crippen LogP contribution in [0.15, 0.2) is 171 Å². The molecular formula is C105H106Co2N16O8S3Si2. The van der Waals surface area contributed by atoms with Crippen LogP contribution in [-0.4, -0.2) is 132 Å². The molecule has 31 heteroatoms. The molecule has 698 valence electrons. The van der Waals surface area contributed by atoms with Gasteiger partial charge in [-0.1, -0.05) is 215 Å². The number of hydrogen-bond donors (Lipinski definition) is 0. The number of hydrogen-bond acceptors (Lipinski definition) is 20. The van der Waals surface area contributed by atoms with E-state index in [9.17, 15) is 25.3 Å². The first-order valence-corrected chi connectivity index (χ1v) is 56.1. The molecule has 16 bridgehead atoms. The zero-order valence-corrected chi connectivity index (χ0v) is 86.9. The topological polar surface area (TPSA) is 332 Å². The molecule has 0 spiro atoms. The summed E-state index contributed by atoms with van der Waals surface area (Å²) in [6, 6.07) is 44.7. The minimum atomic E-state index is -3.81. The molecule has 0 saturated heterocycles. The Bertz CT molecular complexity index is 8250. The first-order valence-electron chi connectivity index (χ1n) is 45.4. The van der Waals surface area contributed by atoms with Crippen LogP contribution >= 0.6 is 0 Å². The van der Waals surface area contributed by atoms with Crippen LogP contribution in [0.5, 0.6) is 0 Å². The summed E-state index contributed by atoms with van der Waals surface area (Å²) >= 11 is 0. The second-order valence-corrected chi connectivity index (χ2v) is 57.1. The third-order valence-corrected chi connectivity index (χ3v) is 41.0. The summed E-state index contributed by atoms with van der Waals surface area (Å²) in [6.45, 7) is 47.3. The van der Waals surface area contributed by atoms with Crippen molar-refractivity contribution in [2.45, 2.75) is 211 Å². The number of nitrogens with zero attached hydrogens (tertiary/aromatic N) is 16. The van der Waals surface area contributed by atoms with E-state index in [1.165, 1.54) is 24.3 Å². The van der Waals surface area contributed by atoms with E-state index in [1.54, 1.807) is 51.1 Å². The van der Waals surface area contributed by atoms with Crippen molar-refractivity contribution >= 4 is 134 Å². The van der Waals surface area contributed by atoms with Gasteiger partial charge >= 0.3 is 33.6 Å². The molecule has 6 aromatic heterocycles. The molecular weight excluding hydrogens is 1880 g/mol. The van der Waals surface area contributed by atoms with E-state index in [0.717, 1.165) is 49.4 Å². The Hall–Kier alpha value is -11.4. The SMILES string of the molecule is CCCS(=O)(=O)c1ccc2c(c1)-c1nc-2nc2[n-]c(nc3nc(nc4[n-]c(n1)c1ccc(S(=O)(=O)CCC)cc41)-c1ccc(C#C/C(CO[Si](C)(C)C(C)(C)C)=C(/C#Cc4ccc5c(c4)-c4nc-5nc5[n-]c(nc6nc(nc7[n-]c(n4)c4ccc(C(C)(C)C)cc74)-c4ccc(C(C)(C)C)cc4-6)c4ccc(C(C)(C)C)cc54)CO[Si](C)(C)C(C)(C)C)cc1-3)c1ccc(S(=O)(=O)CCC)cc21.[Co+2].[Co+2]. The van der Waals surface area contributed by atoms with Crippen LogP contribution in [0.2, 0.25) is 36.3 Å². The maximum atomic E-state index is 14.0. The third-order valence-electron chi connectivity index (χ3n) is 26.3. The van der Waals surface area contributed by atoms with Gasteiger partial charge in [0.25, 0.3) is 0 Å². The fraction of sp³-hybridized carbons (Fsp3) is 0.333. The molecule has 14 aromatic rings. The molecule has 0 fully saturated rings. The Morgan fingerprint density at radius 2 is 0.537 bits per heavy atom. The average molecular weight is 1990 g/mol. The summed E-state index contributed by atoms with van der Waals surface area (Å²) in [7, 11) is -16.5. The second-order valence-electron chi connectivity index (χ2n) is 41.2. The van der Waals surface area contributed by atoms with Crippen LogP contribution in [0.1, 0.15) is 172 Å². The molecule has 10 heterocycles. The molecule has 8 aromatic carbocycles. The van der Waals surface area contributed by atoms with Crippen molar-refractivity contribution in [3.05, 3.63) is 185 Å². The minimum Gasteiger partial charge on any atom is -0.412 e. The normalized spacial score (nSPS) is 13.3. The van der Waals surface area contributed by atoms with Gasteiger partial charge in [0.15, 0.2) is 46.1 Å². The number of fused-ring (bicyclic) bond motifs is 40. The van der Waals surface area contributed by atoms with Gasteiger partial charge in [0.2, 0.25) is 0 Å². The Balaban J connectivity index is 0.00000671. The Labute approximate surface area is 816 Å². The number of rotatable bonds is 15. The van der Waals surface area contributed by atoms with Gasteiger partial charge in [0.05, 0.1) is 91.8 Å². The van der Waals surface area contributed by atoms with Gasteiger partial charge in [-0.3, -0.25) is 0 Å². The second kappa shape index (κ2) is 35.5. The van der Waals surface area contributed by atoms with Crippen molar-refractivity contribution < 1.29 is 67.7 Å². The number of aromatic nitrogens is 16. The van der Waals surface area contributed by atoms with Crippen molar-refractivity contribution in [1.29, 1.82) is 0 Å². The van der Waals surface area contributed by atoms with Gasteiger partial charge in [0.1, 0.15) is 0 Å². The Morgan fingerprint density at radius 3 is 0.846 bits per heavy atom. The molecule has 24 nitrogen and oxygen atoms in total. The van der Waals surface area contributed by atoms with E-state index in [2.05, 4.69) is 208 Å². The molecule has 0 amide bonds. The van der Waals surface area contributed by atoms with Crippen molar-refractivity contribution in [3.8, 4) is 115 Å². The summed E-state index contributed by atoms with van der Waals surface area (Å²) in [5.74, 6) is 16.3. The van der Waals surface area contributed by atoms with E-state index in [1.807, 2.05) is 36.4 Å². The zero-order chi connectivity index (χ0) is 95.4. The summed E-state index contributed by atoms with van der Waals surface area (Å²) in [5.41, 5.74) is 11.9. The summed E-state index contributed by atoms with van der Waals surface area (Å²) < 4.78 is 98.3. The van der Waals surface area contributed by atoms with Crippen LogP contribution in [0.4, 0.5) is 0 Å².